The van der Waals surface area contributed by atoms with Gasteiger partial charge in [0.05, 0.1) is 0 Å². The Kier molecular flexibility index (Phi) is 4.78. The number of nitrogens with one attached hydrogen (secondary N) is 1. The van der Waals surface area contributed by atoms with Gasteiger partial charge in [-0.2, -0.15) is 0 Å². The molecule has 5 nitrogen and oxygen atoms in total. The Labute approximate surface area is 110 Å². The molecule has 1 fully saturated rings. The molecule has 106 valence electrons. The van der Waals surface area contributed by atoms with Crippen LogP contribution in [0.5, 0.6) is 0 Å². The average Bonchev–Trinajstić information content (AvgIpc) is 2.27. The molecular weight excluding hydrogens is 252 g/mol. The molecule has 0 aromatic heterocycles. The molecule has 0 bridgehead atoms. The van der Waals surface area contributed by atoms with Crippen molar-refractivity contribution in [3.8, 4) is 0 Å². The van der Waals surface area contributed by atoms with Crippen LogP contribution in [0.25, 0.3) is 0 Å². The lowest BCUT2D eigenvalue weighted by Gasteiger charge is -2.32. The zero-order valence-electron chi connectivity index (χ0n) is 11.7. The van der Waals surface area contributed by atoms with Gasteiger partial charge in [-0.1, -0.05) is 0 Å². The van der Waals surface area contributed by atoms with E-state index in [2.05, 4.69) is 5.32 Å². The minimum Gasteiger partial charge on any atom is -0.344 e. The van der Waals surface area contributed by atoms with Crippen LogP contribution in [-0.4, -0.2) is 56.9 Å². The molecular formula is C12H24N2O3S. The SMILES string of the molecule is CN(CC1CCCNC1)C(=O)C(C)(C)S(C)(=O)=O. The summed E-state index contributed by atoms with van der Waals surface area (Å²) in [6.45, 7) is 5.49. The van der Waals surface area contributed by atoms with Gasteiger partial charge in [0.1, 0.15) is 4.75 Å². The average molecular weight is 276 g/mol. The zero-order chi connectivity index (χ0) is 14.0. The fourth-order valence-electron chi connectivity index (χ4n) is 2.17. The molecule has 6 heteroatoms. The molecule has 1 heterocycles. The van der Waals surface area contributed by atoms with Crippen molar-refractivity contribution in [2.75, 3.05) is 32.9 Å². The Morgan fingerprint density at radius 1 is 1.44 bits per heavy atom. The van der Waals surface area contributed by atoms with Crippen LogP contribution in [0.1, 0.15) is 26.7 Å². The molecule has 1 saturated heterocycles. The number of hydrogen-bond acceptors (Lipinski definition) is 4. The van der Waals surface area contributed by atoms with E-state index in [0.717, 1.165) is 32.2 Å². The summed E-state index contributed by atoms with van der Waals surface area (Å²) in [5.74, 6) is 0.0960. The summed E-state index contributed by atoms with van der Waals surface area (Å²) >= 11 is 0. The molecule has 0 aromatic carbocycles. The number of rotatable bonds is 4. The third-order valence-electron chi connectivity index (χ3n) is 3.72. The van der Waals surface area contributed by atoms with Crippen molar-refractivity contribution in [2.45, 2.75) is 31.4 Å². The molecule has 0 aliphatic carbocycles. The highest BCUT2D eigenvalue weighted by Gasteiger charge is 2.40. The van der Waals surface area contributed by atoms with Crippen LogP contribution in [-0.2, 0) is 14.6 Å². The summed E-state index contributed by atoms with van der Waals surface area (Å²) < 4.78 is 21.9. The topological polar surface area (TPSA) is 66.5 Å². The van der Waals surface area contributed by atoms with E-state index in [1.807, 2.05) is 0 Å². The molecule has 1 atom stereocenters. The van der Waals surface area contributed by atoms with Crippen molar-refractivity contribution in [1.82, 2.24) is 10.2 Å². The molecule has 0 aromatic rings. The van der Waals surface area contributed by atoms with Crippen LogP contribution in [0.2, 0.25) is 0 Å². The number of piperidine rings is 1. The molecule has 0 radical (unpaired) electrons. The molecule has 18 heavy (non-hydrogen) atoms. The molecule has 0 saturated carbocycles. The Morgan fingerprint density at radius 2 is 2.06 bits per heavy atom. The standard InChI is InChI=1S/C12H24N2O3S/c1-12(2,18(4,16)17)11(15)14(3)9-10-6-5-7-13-8-10/h10,13H,5-9H2,1-4H3. The van der Waals surface area contributed by atoms with Gasteiger partial charge in [0.2, 0.25) is 5.91 Å². The van der Waals surface area contributed by atoms with Gasteiger partial charge in [-0.3, -0.25) is 4.79 Å². The van der Waals surface area contributed by atoms with Crippen LogP contribution in [0, 0.1) is 5.92 Å². The van der Waals surface area contributed by atoms with E-state index in [0.29, 0.717) is 12.5 Å². The van der Waals surface area contributed by atoms with Crippen LogP contribution < -0.4 is 5.32 Å². The van der Waals surface area contributed by atoms with Gasteiger partial charge in [0, 0.05) is 19.8 Å². The highest BCUT2D eigenvalue weighted by molar-refractivity contribution is 7.92. The lowest BCUT2D eigenvalue weighted by molar-refractivity contribution is -0.132. The summed E-state index contributed by atoms with van der Waals surface area (Å²) in [7, 11) is -1.71. The second-order valence-electron chi connectivity index (χ2n) is 5.68. The maximum absolute atomic E-state index is 12.2. The smallest absolute Gasteiger partial charge is 0.243 e. The minimum absolute atomic E-state index is 0.324. The molecule has 1 unspecified atom stereocenters. The fraction of sp³-hybridized carbons (Fsp3) is 0.917. The second-order valence-corrected chi connectivity index (χ2v) is 8.25. The van der Waals surface area contributed by atoms with E-state index in [4.69, 9.17) is 0 Å². The summed E-state index contributed by atoms with van der Waals surface area (Å²) in [5.41, 5.74) is 0. The molecule has 1 aliphatic heterocycles. The molecule has 0 spiro atoms. The van der Waals surface area contributed by atoms with E-state index in [9.17, 15) is 13.2 Å². The summed E-state index contributed by atoms with van der Waals surface area (Å²) in [5, 5.41) is 3.29. The zero-order valence-corrected chi connectivity index (χ0v) is 12.5. The number of carbonyl (C=O) groups excluding carboxylic acids is 1. The largest absolute Gasteiger partial charge is 0.344 e. The minimum atomic E-state index is -3.39. The molecule has 1 N–H and O–H groups in total. The van der Waals surface area contributed by atoms with Gasteiger partial charge >= 0.3 is 0 Å². The molecule has 1 aliphatic rings. The second kappa shape index (κ2) is 5.57. The van der Waals surface area contributed by atoms with Crippen molar-refractivity contribution < 1.29 is 13.2 Å². The van der Waals surface area contributed by atoms with Gasteiger partial charge in [-0.05, 0) is 45.7 Å². The van der Waals surface area contributed by atoms with Crippen molar-refractivity contribution in [3.05, 3.63) is 0 Å². The predicted molar refractivity (Wildman–Crippen MR) is 72.2 cm³/mol. The van der Waals surface area contributed by atoms with Gasteiger partial charge in [0.25, 0.3) is 0 Å². The maximum atomic E-state index is 12.2. The summed E-state index contributed by atoms with van der Waals surface area (Å²) in [6, 6.07) is 0. The fourth-order valence-corrected chi connectivity index (χ4v) is 2.64. The van der Waals surface area contributed by atoms with Gasteiger partial charge in [-0.25, -0.2) is 8.42 Å². The first-order chi connectivity index (χ1) is 8.16. The van der Waals surface area contributed by atoms with E-state index < -0.39 is 14.6 Å². The number of carbonyl (C=O) groups is 1. The monoisotopic (exact) mass is 276 g/mol. The number of nitrogens with zero attached hydrogens (tertiary/aromatic N) is 1. The first-order valence-corrected chi connectivity index (χ1v) is 8.21. The maximum Gasteiger partial charge on any atom is 0.243 e. The third-order valence-corrected chi connectivity index (χ3v) is 5.75. The summed E-state index contributed by atoms with van der Waals surface area (Å²) in [4.78, 5) is 13.8. The molecule has 1 rings (SSSR count). The Morgan fingerprint density at radius 3 is 2.50 bits per heavy atom. The Balaban J connectivity index is 2.66. The highest BCUT2D eigenvalue weighted by atomic mass is 32.2. The lowest BCUT2D eigenvalue weighted by atomic mass is 9.99. The predicted octanol–water partition coefficient (Wildman–Crippen LogP) is 0.268. The molecule has 1 amide bonds. The van der Waals surface area contributed by atoms with Crippen molar-refractivity contribution >= 4 is 15.7 Å². The van der Waals surface area contributed by atoms with Gasteiger partial charge in [-0.15, -0.1) is 0 Å². The third kappa shape index (κ3) is 3.45. The number of sulfone groups is 1. The quantitative estimate of drug-likeness (QED) is 0.800. The normalized spacial score (nSPS) is 21.7. The van der Waals surface area contributed by atoms with Crippen LogP contribution in [0.4, 0.5) is 0 Å². The van der Waals surface area contributed by atoms with Crippen molar-refractivity contribution in [1.29, 1.82) is 0 Å². The van der Waals surface area contributed by atoms with Crippen molar-refractivity contribution in [3.63, 3.8) is 0 Å². The van der Waals surface area contributed by atoms with Crippen LogP contribution >= 0.6 is 0 Å². The number of hydrogen-bond donors (Lipinski definition) is 1. The van der Waals surface area contributed by atoms with Crippen LogP contribution in [0.3, 0.4) is 0 Å². The summed E-state index contributed by atoms with van der Waals surface area (Å²) in [6.07, 6.45) is 3.31. The first-order valence-electron chi connectivity index (χ1n) is 6.32. The highest BCUT2D eigenvalue weighted by Crippen LogP contribution is 2.20. The van der Waals surface area contributed by atoms with Gasteiger partial charge < -0.3 is 10.2 Å². The van der Waals surface area contributed by atoms with E-state index in [-0.39, 0.29) is 5.91 Å². The van der Waals surface area contributed by atoms with Crippen molar-refractivity contribution in [2.24, 2.45) is 5.92 Å². The van der Waals surface area contributed by atoms with Crippen LogP contribution in [0.15, 0.2) is 0 Å². The number of amides is 1. The van der Waals surface area contributed by atoms with E-state index in [1.54, 1.807) is 11.9 Å². The lowest BCUT2D eigenvalue weighted by Crippen LogP contribution is -2.50. The Bertz CT molecular complexity index is 398. The van der Waals surface area contributed by atoms with Gasteiger partial charge in [0.15, 0.2) is 9.84 Å². The van der Waals surface area contributed by atoms with E-state index in [1.165, 1.54) is 13.8 Å². The first kappa shape index (κ1) is 15.4. The van der Waals surface area contributed by atoms with E-state index >= 15 is 0 Å². The Hall–Kier alpha value is -0.620.